The van der Waals surface area contributed by atoms with E-state index in [9.17, 15) is 18.0 Å². The number of halogens is 3. The molecule has 6 nitrogen and oxygen atoms in total. The number of amides is 1. The molecule has 2 aromatic heterocycles. The number of benzene rings is 1. The van der Waals surface area contributed by atoms with Gasteiger partial charge in [-0.05, 0) is 29.3 Å². The summed E-state index contributed by atoms with van der Waals surface area (Å²) >= 11 is 0. The second kappa shape index (κ2) is 6.91. The lowest BCUT2D eigenvalue weighted by atomic mass is 10.0. The van der Waals surface area contributed by atoms with Gasteiger partial charge >= 0.3 is 6.18 Å². The van der Waals surface area contributed by atoms with Crippen LogP contribution in [0, 0.1) is 0 Å². The molecule has 1 aliphatic heterocycles. The van der Waals surface area contributed by atoms with Gasteiger partial charge < -0.3 is 10.6 Å². The third kappa shape index (κ3) is 3.64. The molecule has 4 rings (SSSR count). The summed E-state index contributed by atoms with van der Waals surface area (Å²) in [6, 6.07) is 8.18. The Morgan fingerprint density at radius 2 is 2.04 bits per heavy atom. The van der Waals surface area contributed by atoms with Gasteiger partial charge in [0.05, 0.1) is 12.0 Å². The summed E-state index contributed by atoms with van der Waals surface area (Å²) in [6.45, 7) is 0.412. The predicted octanol–water partition coefficient (Wildman–Crippen LogP) is 3.66. The van der Waals surface area contributed by atoms with E-state index in [0.717, 1.165) is 29.1 Å². The van der Waals surface area contributed by atoms with E-state index in [1.165, 1.54) is 12.4 Å². The number of anilines is 2. The van der Waals surface area contributed by atoms with Crippen molar-refractivity contribution in [3.63, 3.8) is 0 Å². The van der Waals surface area contributed by atoms with E-state index in [2.05, 4.69) is 25.6 Å². The molecule has 1 aliphatic rings. The lowest BCUT2D eigenvalue weighted by Gasteiger charge is -2.11. The van der Waals surface area contributed by atoms with Crippen molar-refractivity contribution in [3.8, 4) is 11.4 Å². The van der Waals surface area contributed by atoms with Gasteiger partial charge in [0.25, 0.3) is 0 Å². The van der Waals surface area contributed by atoms with Crippen LogP contribution in [0.3, 0.4) is 0 Å². The quantitative estimate of drug-likeness (QED) is 0.717. The summed E-state index contributed by atoms with van der Waals surface area (Å²) in [4.78, 5) is 23.5. The molecular formula is C19H14F3N5O. The maximum Gasteiger partial charge on any atom is 0.417 e. The fraction of sp³-hybridized carbons (Fsp3) is 0.158. The predicted molar refractivity (Wildman–Crippen MR) is 96.4 cm³/mol. The number of alkyl halides is 3. The zero-order valence-electron chi connectivity index (χ0n) is 14.4. The molecule has 3 heterocycles. The van der Waals surface area contributed by atoms with Gasteiger partial charge in [0.15, 0.2) is 5.82 Å². The van der Waals surface area contributed by atoms with E-state index in [0.29, 0.717) is 18.8 Å². The van der Waals surface area contributed by atoms with E-state index in [-0.39, 0.29) is 17.3 Å². The Kier molecular flexibility index (Phi) is 4.42. The zero-order chi connectivity index (χ0) is 19.7. The number of fused-ring (bicyclic) bond motifs is 1. The normalized spacial score (nSPS) is 13.2. The van der Waals surface area contributed by atoms with Crippen LogP contribution in [0.5, 0.6) is 0 Å². The molecule has 0 unspecified atom stereocenters. The third-order valence-electron chi connectivity index (χ3n) is 4.32. The van der Waals surface area contributed by atoms with Crippen LogP contribution < -0.4 is 10.6 Å². The van der Waals surface area contributed by atoms with E-state index >= 15 is 0 Å². The van der Waals surface area contributed by atoms with Crippen LogP contribution in [0.25, 0.3) is 11.4 Å². The van der Waals surface area contributed by atoms with Crippen molar-refractivity contribution in [2.24, 2.45) is 0 Å². The van der Waals surface area contributed by atoms with Gasteiger partial charge in [-0.25, -0.2) is 9.97 Å². The zero-order valence-corrected chi connectivity index (χ0v) is 14.4. The average Bonchev–Trinajstić information content (AvgIpc) is 3.07. The molecular weight excluding hydrogens is 371 g/mol. The minimum Gasteiger partial charge on any atom is -0.366 e. The van der Waals surface area contributed by atoms with Crippen molar-refractivity contribution >= 4 is 17.4 Å². The summed E-state index contributed by atoms with van der Waals surface area (Å²) in [7, 11) is 0. The summed E-state index contributed by atoms with van der Waals surface area (Å²) in [6.07, 6.45) is -0.659. The molecule has 1 amide bonds. The first kappa shape index (κ1) is 17.9. The van der Waals surface area contributed by atoms with E-state index in [4.69, 9.17) is 0 Å². The Labute approximate surface area is 157 Å². The first-order valence-electron chi connectivity index (χ1n) is 8.40. The van der Waals surface area contributed by atoms with Crippen molar-refractivity contribution in [1.29, 1.82) is 0 Å². The molecule has 142 valence electrons. The van der Waals surface area contributed by atoms with Gasteiger partial charge in [0, 0.05) is 36.4 Å². The number of nitrogens with zero attached hydrogens (tertiary/aromatic N) is 3. The Morgan fingerprint density at radius 1 is 1.18 bits per heavy atom. The van der Waals surface area contributed by atoms with E-state index in [1.54, 1.807) is 6.07 Å². The highest BCUT2D eigenvalue weighted by Gasteiger charge is 2.31. The molecule has 28 heavy (non-hydrogen) atoms. The molecule has 3 aromatic rings. The van der Waals surface area contributed by atoms with Gasteiger partial charge in [0.2, 0.25) is 5.91 Å². The molecule has 0 fully saturated rings. The van der Waals surface area contributed by atoms with Crippen LogP contribution in [0.1, 0.15) is 16.7 Å². The second-order valence-corrected chi connectivity index (χ2v) is 6.25. The molecule has 9 heteroatoms. The summed E-state index contributed by atoms with van der Waals surface area (Å²) in [5.41, 5.74) is 1.98. The molecule has 0 atom stereocenters. The summed E-state index contributed by atoms with van der Waals surface area (Å²) in [5, 5.41) is 5.92. The number of rotatable bonds is 4. The van der Waals surface area contributed by atoms with Crippen molar-refractivity contribution in [2.75, 3.05) is 10.6 Å². The largest absolute Gasteiger partial charge is 0.417 e. The smallest absolute Gasteiger partial charge is 0.366 e. The maximum atomic E-state index is 12.9. The van der Waals surface area contributed by atoms with Crippen LogP contribution in [0.2, 0.25) is 0 Å². The third-order valence-corrected chi connectivity index (χ3v) is 4.32. The number of hydrogen-bond acceptors (Lipinski definition) is 5. The fourth-order valence-electron chi connectivity index (χ4n) is 2.98. The van der Waals surface area contributed by atoms with Gasteiger partial charge in [-0.3, -0.25) is 9.78 Å². The van der Waals surface area contributed by atoms with E-state index < -0.39 is 11.7 Å². The second-order valence-electron chi connectivity index (χ2n) is 6.25. The summed E-state index contributed by atoms with van der Waals surface area (Å²) in [5.74, 6) is 0.542. The molecule has 0 aliphatic carbocycles. The minimum absolute atomic E-state index is 0.0520. The Bertz CT molecular complexity index is 1050. The highest BCUT2D eigenvalue weighted by molar-refractivity contribution is 5.99. The lowest BCUT2D eigenvalue weighted by molar-refractivity contribution is -0.137. The number of hydrogen-bond donors (Lipinski definition) is 2. The number of carbonyl (C=O) groups is 1. The number of carbonyl (C=O) groups excluding carboxylic acids is 1. The molecule has 0 saturated heterocycles. The maximum absolute atomic E-state index is 12.9. The first-order valence-corrected chi connectivity index (χ1v) is 8.40. The molecule has 1 aromatic carbocycles. The Balaban J connectivity index is 1.55. The van der Waals surface area contributed by atoms with Crippen LogP contribution >= 0.6 is 0 Å². The van der Waals surface area contributed by atoms with Gasteiger partial charge in [0.1, 0.15) is 5.82 Å². The molecule has 0 spiro atoms. The molecule has 0 saturated carbocycles. The first-order chi connectivity index (χ1) is 13.4. The van der Waals surface area contributed by atoms with Crippen molar-refractivity contribution in [2.45, 2.75) is 19.1 Å². The molecule has 2 N–H and O–H groups in total. The van der Waals surface area contributed by atoms with Crippen molar-refractivity contribution in [1.82, 2.24) is 15.0 Å². The standard InChI is InChI=1S/C19H14F3N5O/c20-19(21,22)13-6-12(8-23-10-13)18-24-5-4-16(27-18)25-9-11-2-1-3-15-14(11)7-17(28)26-15/h1-6,8,10H,7,9H2,(H,26,28)(H,24,25,27). The monoisotopic (exact) mass is 385 g/mol. The topological polar surface area (TPSA) is 79.8 Å². The SMILES string of the molecule is O=C1Cc2c(CNc3ccnc(-c4cncc(C(F)(F)F)c4)n3)cccc2N1. The van der Waals surface area contributed by atoms with E-state index in [1.807, 2.05) is 18.2 Å². The molecule has 0 radical (unpaired) electrons. The lowest BCUT2D eigenvalue weighted by Crippen LogP contribution is -2.07. The molecule has 0 bridgehead atoms. The number of nitrogens with one attached hydrogen (secondary N) is 2. The van der Waals surface area contributed by atoms with Crippen molar-refractivity contribution in [3.05, 3.63) is 65.6 Å². The van der Waals surface area contributed by atoms with Crippen LogP contribution in [0.15, 0.2) is 48.9 Å². The number of aromatic nitrogens is 3. The van der Waals surface area contributed by atoms with Gasteiger partial charge in [-0.2, -0.15) is 13.2 Å². The van der Waals surface area contributed by atoms with Gasteiger partial charge in [-0.15, -0.1) is 0 Å². The van der Waals surface area contributed by atoms with Crippen LogP contribution in [0.4, 0.5) is 24.7 Å². The Morgan fingerprint density at radius 3 is 2.86 bits per heavy atom. The fourth-order valence-corrected chi connectivity index (χ4v) is 2.98. The highest BCUT2D eigenvalue weighted by Crippen LogP contribution is 2.31. The van der Waals surface area contributed by atoms with Crippen LogP contribution in [-0.4, -0.2) is 20.9 Å². The average molecular weight is 385 g/mol. The highest BCUT2D eigenvalue weighted by atomic mass is 19.4. The van der Waals surface area contributed by atoms with Gasteiger partial charge in [-0.1, -0.05) is 12.1 Å². The van der Waals surface area contributed by atoms with Crippen LogP contribution in [-0.2, 0) is 23.9 Å². The van der Waals surface area contributed by atoms with Crippen molar-refractivity contribution < 1.29 is 18.0 Å². The summed E-state index contributed by atoms with van der Waals surface area (Å²) < 4.78 is 38.7. The minimum atomic E-state index is -4.49. The number of pyridine rings is 1. The Hall–Kier alpha value is -3.49.